The molecule has 1 aromatic heterocycles. The summed E-state index contributed by atoms with van der Waals surface area (Å²) in [5, 5.41) is 4.30. The predicted octanol–water partition coefficient (Wildman–Crippen LogP) is 1.98. The summed E-state index contributed by atoms with van der Waals surface area (Å²) >= 11 is 0. The summed E-state index contributed by atoms with van der Waals surface area (Å²) in [4.78, 5) is 4.37. The van der Waals surface area contributed by atoms with Gasteiger partial charge in [0.05, 0.1) is 6.61 Å². The maximum absolute atomic E-state index is 6.42. The SMILES string of the molecule is CC(C)Cn1ncnc1CC(N)C1COc2ccccc21. The molecule has 0 saturated carbocycles. The van der Waals surface area contributed by atoms with E-state index in [2.05, 4.69) is 30.0 Å². The highest BCUT2D eigenvalue weighted by Gasteiger charge is 2.30. The molecule has 0 fully saturated rings. The average Bonchev–Trinajstić information content (AvgIpc) is 3.05. The molecule has 0 amide bonds. The normalized spacial score (nSPS) is 18.6. The van der Waals surface area contributed by atoms with Gasteiger partial charge in [0.25, 0.3) is 0 Å². The first kappa shape index (κ1) is 14.1. The topological polar surface area (TPSA) is 66.0 Å². The molecule has 5 nitrogen and oxygen atoms in total. The summed E-state index contributed by atoms with van der Waals surface area (Å²) in [6.45, 7) is 5.87. The minimum absolute atomic E-state index is 0.0104. The van der Waals surface area contributed by atoms with Crippen molar-refractivity contribution in [3.05, 3.63) is 42.0 Å². The van der Waals surface area contributed by atoms with E-state index in [1.54, 1.807) is 6.33 Å². The summed E-state index contributed by atoms with van der Waals surface area (Å²) in [6, 6.07) is 8.12. The summed E-state index contributed by atoms with van der Waals surface area (Å²) in [6.07, 6.45) is 2.33. The Hall–Kier alpha value is -1.88. The molecular formula is C16H22N4O. The van der Waals surface area contributed by atoms with Crippen molar-refractivity contribution in [2.75, 3.05) is 6.61 Å². The Morgan fingerprint density at radius 2 is 2.19 bits per heavy atom. The van der Waals surface area contributed by atoms with E-state index in [4.69, 9.17) is 10.5 Å². The Morgan fingerprint density at radius 3 is 3.00 bits per heavy atom. The number of benzene rings is 1. The van der Waals surface area contributed by atoms with Crippen LogP contribution in [0.2, 0.25) is 0 Å². The van der Waals surface area contributed by atoms with Gasteiger partial charge in [-0.2, -0.15) is 5.10 Å². The molecule has 0 spiro atoms. The molecule has 0 saturated heterocycles. The molecule has 0 bridgehead atoms. The lowest BCUT2D eigenvalue weighted by Crippen LogP contribution is -2.33. The van der Waals surface area contributed by atoms with Crippen molar-refractivity contribution in [2.24, 2.45) is 11.7 Å². The number of rotatable bonds is 5. The van der Waals surface area contributed by atoms with Gasteiger partial charge < -0.3 is 10.5 Å². The molecule has 2 atom stereocenters. The van der Waals surface area contributed by atoms with Crippen molar-refractivity contribution in [1.29, 1.82) is 0 Å². The molecule has 1 aromatic carbocycles. The van der Waals surface area contributed by atoms with Crippen LogP contribution in [0.1, 0.15) is 31.2 Å². The number of ether oxygens (including phenoxy) is 1. The van der Waals surface area contributed by atoms with Crippen LogP contribution in [0.15, 0.2) is 30.6 Å². The van der Waals surface area contributed by atoms with Gasteiger partial charge in [-0.3, -0.25) is 0 Å². The van der Waals surface area contributed by atoms with E-state index < -0.39 is 0 Å². The lowest BCUT2D eigenvalue weighted by molar-refractivity contribution is 0.311. The first-order valence-corrected chi connectivity index (χ1v) is 7.49. The van der Waals surface area contributed by atoms with Gasteiger partial charge in [0.2, 0.25) is 0 Å². The van der Waals surface area contributed by atoms with Crippen LogP contribution in [0.25, 0.3) is 0 Å². The molecule has 2 heterocycles. The molecular weight excluding hydrogens is 264 g/mol. The van der Waals surface area contributed by atoms with Crippen LogP contribution in [0.5, 0.6) is 5.75 Å². The van der Waals surface area contributed by atoms with E-state index in [1.165, 1.54) is 5.56 Å². The molecule has 0 radical (unpaired) electrons. The number of para-hydroxylation sites is 1. The van der Waals surface area contributed by atoms with Crippen LogP contribution in [0, 0.1) is 5.92 Å². The Morgan fingerprint density at radius 1 is 1.38 bits per heavy atom. The van der Waals surface area contributed by atoms with Crippen molar-refractivity contribution in [3.8, 4) is 5.75 Å². The molecule has 21 heavy (non-hydrogen) atoms. The third kappa shape index (κ3) is 2.93. The lowest BCUT2D eigenvalue weighted by Gasteiger charge is -2.18. The minimum atomic E-state index is -0.0104. The maximum atomic E-state index is 6.42. The fourth-order valence-electron chi connectivity index (χ4n) is 2.84. The second kappa shape index (κ2) is 5.85. The van der Waals surface area contributed by atoms with Crippen LogP contribution in [0.3, 0.4) is 0 Å². The van der Waals surface area contributed by atoms with Gasteiger partial charge in [-0.15, -0.1) is 0 Å². The summed E-state index contributed by atoms with van der Waals surface area (Å²) in [5.41, 5.74) is 7.63. The van der Waals surface area contributed by atoms with Crippen molar-refractivity contribution in [2.45, 2.75) is 38.8 Å². The third-order valence-electron chi connectivity index (χ3n) is 3.91. The highest BCUT2D eigenvalue weighted by molar-refractivity contribution is 5.40. The number of aromatic nitrogens is 3. The van der Waals surface area contributed by atoms with E-state index in [0.29, 0.717) is 12.5 Å². The Labute approximate surface area is 125 Å². The van der Waals surface area contributed by atoms with Crippen LogP contribution in [-0.4, -0.2) is 27.4 Å². The second-order valence-corrected chi connectivity index (χ2v) is 6.08. The monoisotopic (exact) mass is 286 g/mol. The molecule has 112 valence electrons. The van der Waals surface area contributed by atoms with E-state index >= 15 is 0 Å². The quantitative estimate of drug-likeness (QED) is 0.912. The summed E-state index contributed by atoms with van der Waals surface area (Å²) in [5.74, 6) is 2.68. The van der Waals surface area contributed by atoms with Crippen LogP contribution < -0.4 is 10.5 Å². The van der Waals surface area contributed by atoms with Gasteiger partial charge in [0, 0.05) is 30.5 Å². The standard InChI is InChI=1S/C16H22N4O/c1-11(2)8-20-16(18-10-19-20)7-14(17)13-9-21-15-6-4-3-5-12(13)15/h3-6,10-11,13-14H,7-9,17H2,1-2H3. The zero-order chi connectivity index (χ0) is 14.8. The Kier molecular flexibility index (Phi) is 3.92. The highest BCUT2D eigenvalue weighted by atomic mass is 16.5. The van der Waals surface area contributed by atoms with Gasteiger partial charge in [-0.05, 0) is 12.0 Å². The van der Waals surface area contributed by atoms with Crippen molar-refractivity contribution in [3.63, 3.8) is 0 Å². The van der Waals surface area contributed by atoms with Gasteiger partial charge in [0.1, 0.15) is 17.9 Å². The molecule has 3 rings (SSSR count). The van der Waals surface area contributed by atoms with E-state index in [9.17, 15) is 0 Å². The smallest absolute Gasteiger partial charge is 0.138 e. The second-order valence-electron chi connectivity index (χ2n) is 6.08. The van der Waals surface area contributed by atoms with Crippen molar-refractivity contribution < 1.29 is 4.74 Å². The number of hydrogen-bond donors (Lipinski definition) is 1. The zero-order valence-electron chi connectivity index (χ0n) is 12.6. The number of nitrogens with two attached hydrogens (primary N) is 1. The molecule has 2 N–H and O–H groups in total. The van der Waals surface area contributed by atoms with Crippen LogP contribution >= 0.6 is 0 Å². The Bertz CT molecular complexity index is 608. The molecule has 5 heteroatoms. The Balaban J connectivity index is 1.73. The zero-order valence-corrected chi connectivity index (χ0v) is 12.6. The van der Waals surface area contributed by atoms with Gasteiger partial charge >= 0.3 is 0 Å². The van der Waals surface area contributed by atoms with Crippen LogP contribution in [0.4, 0.5) is 0 Å². The van der Waals surface area contributed by atoms with Gasteiger partial charge in [-0.25, -0.2) is 9.67 Å². The first-order valence-electron chi connectivity index (χ1n) is 7.49. The fourth-order valence-corrected chi connectivity index (χ4v) is 2.84. The first-order chi connectivity index (χ1) is 10.1. The van der Waals surface area contributed by atoms with Gasteiger partial charge in [0.15, 0.2) is 0 Å². The molecule has 1 aliphatic heterocycles. The third-order valence-corrected chi connectivity index (χ3v) is 3.91. The number of fused-ring (bicyclic) bond motifs is 1. The summed E-state index contributed by atoms with van der Waals surface area (Å²) in [7, 11) is 0. The fraction of sp³-hybridized carbons (Fsp3) is 0.500. The van der Waals surface area contributed by atoms with E-state index in [0.717, 1.165) is 24.5 Å². The highest BCUT2D eigenvalue weighted by Crippen LogP contribution is 2.35. The van der Waals surface area contributed by atoms with E-state index in [-0.39, 0.29) is 12.0 Å². The maximum Gasteiger partial charge on any atom is 0.138 e. The number of hydrogen-bond acceptors (Lipinski definition) is 4. The van der Waals surface area contributed by atoms with E-state index in [1.807, 2.05) is 22.9 Å². The molecule has 0 aliphatic carbocycles. The minimum Gasteiger partial charge on any atom is -0.493 e. The number of nitrogens with zero attached hydrogens (tertiary/aromatic N) is 3. The molecule has 2 unspecified atom stereocenters. The molecule has 1 aliphatic rings. The average molecular weight is 286 g/mol. The van der Waals surface area contributed by atoms with Crippen molar-refractivity contribution in [1.82, 2.24) is 14.8 Å². The lowest BCUT2D eigenvalue weighted by atomic mass is 9.92. The van der Waals surface area contributed by atoms with Crippen molar-refractivity contribution >= 4 is 0 Å². The largest absolute Gasteiger partial charge is 0.493 e. The molecule has 2 aromatic rings. The predicted molar refractivity (Wildman–Crippen MR) is 81.2 cm³/mol. The van der Waals surface area contributed by atoms with Crippen LogP contribution in [-0.2, 0) is 13.0 Å². The van der Waals surface area contributed by atoms with Gasteiger partial charge in [-0.1, -0.05) is 32.0 Å². The summed E-state index contributed by atoms with van der Waals surface area (Å²) < 4.78 is 7.69.